The topological polar surface area (TPSA) is 37.4 Å². The highest BCUT2D eigenvalue weighted by molar-refractivity contribution is 5.95. The predicted molar refractivity (Wildman–Crippen MR) is 48.6 cm³/mol. The number of hydrogen-bond donors (Lipinski definition) is 0. The lowest BCUT2D eigenvalue weighted by Crippen LogP contribution is -2.35. The minimum atomic E-state index is -0.0715. The number of amides is 2. The van der Waals surface area contributed by atoms with Crippen molar-refractivity contribution in [2.45, 2.75) is 32.1 Å². The van der Waals surface area contributed by atoms with E-state index in [-0.39, 0.29) is 11.8 Å². The van der Waals surface area contributed by atoms with Crippen LogP contribution in [0.1, 0.15) is 32.1 Å². The summed E-state index contributed by atoms with van der Waals surface area (Å²) in [4.78, 5) is 24.0. The number of nitrogens with zero attached hydrogens (tertiary/aromatic N) is 1. The van der Waals surface area contributed by atoms with E-state index >= 15 is 0 Å². The minimum Gasteiger partial charge on any atom is -0.282 e. The highest BCUT2D eigenvalue weighted by Crippen LogP contribution is 2.12. The molecule has 0 radical (unpaired) electrons. The Hall–Kier alpha value is -1.30. The van der Waals surface area contributed by atoms with E-state index in [0.717, 1.165) is 12.8 Å². The van der Waals surface area contributed by atoms with Gasteiger partial charge in [0.25, 0.3) is 0 Å². The van der Waals surface area contributed by atoms with Gasteiger partial charge in [-0.15, -0.1) is 12.3 Å². The van der Waals surface area contributed by atoms with E-state index in [1.807, 2.05) is 0 Å². The molecule has 1 rings (SSSR count). The monoisotopic (exact) mass is 179 g/mol. The van der Waals surface area contributed by atoms with Gasteiger partial charge in [0.05, 0.1) is 0 Å². The number of hydrogen-bond acceptors (Lipinski definition) is 2. The van der Waals surface area contributed by atoms with Crippen molar-refractivity contribution in [3.8, 4) is 12.3 Å². The molecule has 0 aromatic rings. The van der Waals surface area contributed by atoms with Crippen LogP contribution in [0.25, 0.3) is 0 Å². The summed E-state index contributed by atoms with van der Waals surface area (Å²) in [6.45, 7) is 0.383. The smallest absolute Gasteiger partial charge is 0.229 e. The first-order chi connectivity index (χ1) is 6.25. The number of likely N-dealkylation sites (tertiary alicyclic amines) is 1. The molecule has 0 N–H and O–H groups in total. The third kappa shape index (κ3) is 2.59. The zero-order chi connectivity index (χ0) is 9.68. The fourth-order valence-electron chi connectivity index (χ4n) is 1.39. The van der Waals surface area contributed by atoms with Crippen LogP contribution in [0.5, 0.6) is 0 Å². The van der Waals surface area contributed by atoms with Gasteiger partial charge in [-0.25, -0.2) is 0 Å². The Balaban J connectivity index is 2.59. The molecule has 1 saturated heterocycles. The van der Waals surface area contributed by atoms with Crippen LogP contribution >= 0.6 is 0 Å². The van der Waals surface area contributed by atoms with Crippen LogP contribution in [-0.4, -0.2) is 23.3 Å². The van der Waals surface area contributed by atoms with Gasteiger partial charge in [-0.3, -0.25) is 14.5 Å². The van der Waals surface area contributed by atoms with Crippen LogP contribution in [0.2, 0.25) is 0 Å². The van der Waals surface area contributed by atoms with Gasteiger partial charge >= 0.3 is 0 Å². The molecule has 1 fully saturated rings. The van der Waals surface area contributed by atoms with Crippen molar-refractivity contribution in [2.75, 3.05) is 6.54 Å². The van der Waals surface area contributed by atoms with Crippen molar-refractivity contribution in [1.29, 1.82) is 0 Å². The van der Waals surface area contributed by atoms with Crippen molar-refractivity contribution >= 4 is 11.8 Å². The lowest BCUT2D eigenvalue weighted by Gasteiger charge is -2.16. The Bertz CT molecular complexity index is 234. The molecule has 70 valence electrons. The lowest BCUT2D eigenvalue weighted by molar-refractivity contribution is -0.143. The molecule has 1 heterocycles. The first kappa shape index (κ1) is 9.79. The van der Waals surface area contributed by atoms with Crippen LogP contribution in [0.15, 0.2) is 0 Å². The molecular formula is C10H13NO2. The summed E-state index contributed by atoms with van der Waals surface area (Å²) >= 11 is 0. The van der Waals surface area contributed by atoms with E-state index in [9.17, 15) is 9.59 Å². The number of rotatable bonds is 2. The molecule has 0 aromatic heterocycles. The maximum atomic E-state index is 11.4. The van der Waals surface area contributed by atoms with Gasteiger partial charge in [-0.05, 0) is 12.8 Å². The highest BCUT2D eigenvalue weighted by Gasteiger charge is 2.22. The summed E-state index contributed by atoms with van der Waals surface area (Å²) in [5, 5.41) is 0. The van der Waals surface area contributed by atoms with E-state index in [1.54, 1.807) is 0 Å². The van der Waals surface area contributed by atoms with Gasteiger partial charge in [0, 0.05) is 25.8 Å². The Morgan fingerprint density at radius 3 is 2.23 bits per heavy atom. The average molecular weight is 179 g/mol. The number of carbonyl (C=O) groups excluding carboxylic acids is 2. The maximum Gasteiger partial charge on any atom is 0.229 e. The normalized spacial score (nSPS) is 18.2. The van der Waals surface area contributed by atoms with Crippen LogP contribution in [0.4, 0.5) is 0 Å². The third-order valence-electron chi connectivity index (χ3n) is 2.11. The fourth-order valence-corrected chi connectivity index (χ4v) is 1.39. The SMILES string of the molecule is C#CCCN1C(=O)CCCCC1=O. The summed E-state index contributed by atoms with van der Waals surface area (Å²) in [7, 11) is 0. The van der Waals surface area contributed by atoms with Gasteiger partial charge in [0.15, 0.2) is 0 Å². The predicted octanol–water partition coefficient (Wildman–Crippen LogP) is 0.939. The summed E-state index contributed by atoms with van der Waals surface area (Å²) in [5.41, 5.74) is 0. The van der Waals surface area contributed by atoms with Crippen LogP contribution < -0.4 is 0 Å². The lowest BCUT2D eigenvalue weighted by atomic mass is 10.2. The van der Waals surface area contributed by atoms with Crippen molar-refractivity contribution in [1.82, 2.24) is 4.90 Å². The zero-order valence-corrected chi connectivity index (χ0v) is 7.58. The molecule has 2 amide bonds. The Kier molecular flexibility index (Phi) is 3.51. The van der Waals surface area contributed by atoms with Crippen molar-refractivity contribution in [3.63, 3.8) is 0 Å². The molecule has 0 aromatic carbocycles. The molecule has 3 nitrogen and oxygen atoms in total. The molecule has 3 heteroatoms. The van der Waals surface area contributed by atoms with Gasteiger partial charge in [-0.1, -0.05) is 0 Å². The molecular weight excluding hydrogens is 166 g/mol. The van der Waals surface area contributed by atoms with E-state index in [4.69, 9.17) is 6.42 Å². The molecule has 0 aliphatic carbocycles. The van der Waals surface area contributed by atoms with Gasteiger partial charge in [0.2, 0.25) is 11.8 Å². The summed E-state index contributed by atoms with van der Waals surface area (Å²) in [6, 6.07) is 0. The van der Waals surface area contributed by atoms with Crippen LogP contribution in [0, 0.1) is 12.3 Å². The second-order valence-corrected chi connectivity index (χ2v) is 3.10. The minimum absolute atomic E-state index is 0.0715. The zero-order valence-electron chi connectivity index (χ0n) is 7.58. The van der Waals surface area contributed by atoms with Crippen LogP contribution in [-0.2, 0) is 9.59 Å². The highest BCUT2D eigenvalue weighted by atomic mass is 16.2. The van der Waals surface area contributed by atoms with Crippen molar-refractivity contribution in [2.24, 2.45) is 0 Å². The molecule has 1 aliphatic rings. The Morgan fingerprint density at radius 2 is 1.77 bits per heavy atom. The summed E-state index contributed by atoms with van der Waals surface area (Å²) < 4.78 is 0. The number of carbonyl (C=O) groups is 2. The van der Waals surface area contributed by atoms with Gasteiger partial charge in [0.1, 0.15) is 0 Å². The van der Waals surface area contributed by atoms with E-state index in [0.29, 0.717) is 25.8 Å². The summed E-state index contributed by atoms with van der Waals surface area (Å²) in [6.07, 6.45) is 8.13. The van der Waals surface area contributed by atoms with Crippen LogP contribution in [0.3, 0.4) is 0 Å². The fraction of sp³-hybridized carbons (Fsp3) is 0.600. The Labute approximate surface area is 78.1 Å². The second-order valence-electron chi connectivity index (χ2n) is 3.10. The number of imide groups is 1. The first-order valence-electron chi connectivity index (χ1n) is 4.52. The number of terminal acetylenes is 1. The van der Waals surface area contributed by atoms with Gasteiger partial charge < -0.3 is 0 Å². The average Bonchev–Trinajstić information content (AvgIpc) is 2.26. The molecule has 1 aliphatic heterocycles. The summed E-state index contributed by atoms with van der Waals surface area (Å²) in [5.74, 6) is 2.29. The molecule has 0 unspecified atom stereocenters. The first-order valence-corrected chi connectivity index (χ1v) is 4.52. The molecule has 13 heavy (non-hydrogen) atoms. The Morgan fingerprint density at radius 1 is 1.23 bits per heavy atom. The van der Waals surface area contributed by atoms with E-state index < -0.39 is 0 Å². The standard InChI is InChI=1S/C10H13NO2/c1-2-3-8-11-9(12)6-4-5-7-10(11)13/h1H,3-8H2. The van der Waals surface area contributed by atoms with E-state index in [1.165, 1.54) is 4.90 Å². The van der Waals surface area contributed by atoms with Gasteiger partial charge in [-0.2, -0.15) is 0 Å². The van der Waals surface area contributed by atoms with E-state index in [2.05, 4.69) is 5.92 Å². The second kappa shape index (κ2) is 4.66. The third-order valence-corrected chi connectivity index (χ3v) is 2.11. The molecule has 0 spiro atoms. The molecule has 0 atom stereocenters. The largest absolute Gasteiger partial charge is 0.282 e. The molecule has 0 saturated carbocycles. The quantitative estimate of drug-likeness (QED) is 0.467. The maximum absolute atomic E-state index is 11.4. The van der Waals surface area contributed by atoms with Crippen molar-refractivity contribution < 1.29 is 9.59 Å². The molecule has 0 bridgehead atoms. The van der Waals surface area contributed by atoms with Crippen molar-refractivity contribution in [3.05, 3.63) is 0 Å².